The fraction of sp³-hybridized carbons (Fsp3) is 0.400. The van der Waals surface area contributed by atoms with Gasteiger partial charge in [0, 0.05) is 13.0 Å². The molecule has 0 spiro atoms. The summed E-state index contributed by atoms with van der Waals surface area (Å²) in [7, 11) is 0. The summed E-state index contributed by atoms with van der Waals surface area (Å²) in [6.45, 7) is 6.25. The molecular weight excluding hydrogens is 242 g/mol. The number of benzene rings is 1. The average molecular weight is 261 g/mol. The summed E-state index contributed by atoms with van der Waals surface area (Å²) >= 11 is 0. The Morgan fingerprint density at radius 2 is 1.89 bits per heavy atom. The first kappa shape index (κ1) is 13.6. The predicted octanol–water partition coefficient (Wildman–Crippen LogP) is 2.71. The molecule has 0 aliphatic rings. The van der Waals surface area contributed by atoms with E-state index in [9.17, 15) is 0 Å². The Labute approximate surface area is 113 Å². The highest BCUT2D eigenvalue weighted by Crippen LogP contribution is 2.23. The maximum atomic E-state index is 8.92. The van der Waals surface area contributed by atoms with Gasteiger partial charge in [0.1, 0.15) is 11.5 Å². The Kier molecular flexibility index (Phi) is 4.22. The van der Waals surface area contributed by atoms with Gasteiger partial charge in [-0.25, -0.2) is 4.98 Å². The van der Waals surface area contributed by atoms with Gasteiger partial charge < -0.3 is 14.3 Å². The van der Waals surface area contributed by atoms with Gasteiger partial charge in [-0.15, -0.1) is 0 Å². The van der Waals surface area contributed by atoms with Gasteiger partial charge in [-0.05, 0) is 31.9 Å². The van der Waals surface area contributed by atoms with Gasteiger partial charge in [0.05, 0.1) is 5.69 Å². The van der Waals surface area contributed by atoms with Gasteiger partial charge in [-0.2, -0.15) is 0 Å². The van der Waals surface area contributed by atoms with Crippen LogP contribution in [0.4, 0.5) is 0 Å². The van der Waals surface area contributed by atoms with Gasteiger partial charge in [0.15, 0.2) is 6.61 Å². The Morgan fingerprint density at radius 1 is 1.21 bits per heavy atom. The molecule has 0 atom stereocenters. The SMILES string of the molecule is Cc1cccc(C)c1OCc1nc(CCO)c(C)o1. The smallest absolute Gasteiger partial charge is 0.232 e. The number of aliphatic hydroxyl groups excluding tert-OH is 1. The van der Waals surface area contributed by atoms with E-state index < -0.39 is 0 Å². The number of para-hydroxylation sites is 1. The number of ether oxygens (including phenoxy) is 1. The molecule has 0 aliphatic carbocycles. The maximum absolute atomic E-state index is 8.92. The zero-order valence-electron chi connectivity index (χ0n) is 11.6. The van der Waals surface area contributed by atoms with E-state index in [-0.39, 0.29) is 6.61 Å². The van der Waals surface area contributed by atoms with Crippen molar-refractivity contribution < 1.29 is 14.3 Å². The summed E-state index contributed by atoms with van der Waals surface area (Å²) in [4.78, 5) is 4.32. The maximum Gasteiger partial charge on any atom is 0.232 e. The highest BCUT2D eigenvalue weighted by atomic mass is 16.5. The lowest BCUT2D eigenvalue weighted by molar-refractivity contribution is 0.257. The molecule has 1 aromatic heterocycles. The van der Waals surface area contributed by atoms with Gasteiger partial charge in [0.2, 0.25) is 5.89 Å². The minimum Gasteiger partial charge on any atom is -0.483 e. The molecule has 19 heavy (non-hydrogen) atoms. The monoisotopic (exact) mass is 261 g/mol. The summed E-state index contributed by atoms with van der Waals surface area (Å²) in [5.74, 6) is 2.17. The van der Waals surface area contributed by atoms with Crippen molar-refractivity contribution in [3.63, 3.8) is 0 Å². The lowest BCUT2D eigenvalue weighted by Gasteiger charge is -2.09. The normalized spacial score (nSPS) is 10.7. The van der Waals surface area contributed by atoms with Gasteiger partial charge in [0.25, 0.3) is 0 Å². The molecule has 1 heterocycles. The number of aryl methyl sites for hydroxylation is 3. The summed E-state index contributed by atoms with van der Waals surface area (Å²) in [5.41, 5.74) is 2.99. The van der Waals surface area contributed by atoms with Crippen LogP contribution in [0.1, 0.15) is 28.5 Å². The second-order valence-electron chi connectivity index (χ2n) is 4.59. The number of oxazole rings is 1. The predicted molar refractivity (Wildman–Crippen MR) is 72.3 cm³/mol. The third-order valence-corrected chi connectivity index (χ3v) is 3.03. The standard InChI is InChI=1S/C15H19NO3/c1-10-5-4-6-11(2)15(10)18-9-14-16-13(7-8-17)12(3)19-14/h4-6,17H,7-9H2,1-3H3. The van der Waals surface area contributed by atoms with Crippen LogP contribution in [0.2, 0.25) is 0 Å². The molecule has 1 N–H and O–H groups in total. The number of rotatable bonds is 5. The van der Waals surface area contributed by atoms with Crippen molar-refractivity contribution in [1.82, 2.24) is 4.98 Å². The second kappa shape index (κ2) is 5.89. The van der Waals surface area contributed by atoms with Crippen LogP contribution in [-0.4, -0.2) is 16.7 Å². The molecule has 102 valence electrons. The number of hydrogen-bond acceptors (Lipinski definition) is 4. The molecule has 2 rings (SSSR count). The first-order valence-electron chi connectivity index (χ1n) is 6.37. The van der Waals surface area contributed by atoms with Crippen LogP contribution < -0.4 is 4.74 Å². The van der Waals surface area contributed by atoms with Crippen molar-refractivity contribution in [2.24, 2.45) is 0 Å². The van der Waals surface area contributed by atoms with Crippen LogP contribution >= 0.6 is 0 Å². The van der Waals surface area contributed by atoms with Gasteiger partial charge >= 0.3 is 0 Å². The zero-order valence-corrected chi connectivity index (χ0v) is 11.6. The summed E-state index contributed by atoms with van der Waals surface area (Å²) in [5, 5.41) is 8.92. The van der Waals surface area contributed by atoms with E-state index in [1.165, 1.54) is 0 Å². The highest BCUT2D eigenvalue weighted by molar-refractivity contribution is 5.39. The number of aromatic nitrogens is 1. The van der Waals surface area contributed by atoms with Crippen LogP contribution in [0.25, 0.3) is 0 Å². The molecule has 0 unspecified atom stereocenters. The second-order valence-corrected chi connectivity index (χ2v) is 4.59. The first-order valence-corrected chi connectivity index (χ1v) is 6.37. The van der Waals surface area contributed by atoms with Crippen LogP contribution in [0.5, 0.6) is 5.75 Å². The van der Waals surface area contributed by atoms with E-state index in [4.69, 9.17) is 14.3 Å². The number of hydrogen-bond donors (Lipinski definition) is 1. The Balaban J connectivity index is 2.08. The average Bonchev–Trinajstić information content (AvgIpc) is 2.70. The van der Waals surface area contributed by atoms with Crippen LogP contribution in [-0.2, 0) is 13.0 Å². The lowest BCUT2D eigenvalue weighted by Crippen LogP contribution is -2.00. The first-order chi connectivity index (χ1) is 9.11. The third-order valence-electron chi connectivity index (χ3n) is 3.03. The molecule has 0 radical (unpaired) electrons. The molecule has 0 aliphatic heterocycles. The molecule has 0 bridgehead atoms. The van der Waals surface area contributed by atoms with Gasteiger partial charge in [-0.1, -0.05) is 18.2 Å². The molecule has 0 saturated carbocycles. The van der Waals surface area contributed by atoms with Crippen LogP contribution in [0, 0.1) is 20.8 Å². The minimum absolute atomic E-state index is 0.0740. The largest absolute Gasteiger partial charge is 0.483 e. The highest BCUT2D eigenvalue weighted by Gasteiger charge is 2.11. The number of nitrogens with zero attached hydrogens (tertiary/aromatic N) is 1. The quantitative estimate of drug-likeness (QED) is 0.899. The molecule has 0 fully saturated rings. The van der Waals surface area contributed by atoms with Crippen molar-refractivity contribution in [3.8, 4) is 5.75 Å². The Bertz CT molecular complexity index is 540. The third kappa shape index (κ3) is 3.15. The fourth-order valence-electron chi connectivity index (χ4n) is 2.05. The molecular formula is C15H19NO3. The minimum atomic E-state index is 0.0740. The summed E-state index contributed by atoms with van der Waals surface area (Å²) < 4.78 is 11.3. The van der Waals surface area contributed by atoms with E-state index in [2.05, 4.69) is 4.98 Å². The van der Waals surface area contributed by atoms with E-state index in [0.717, 1.165) is 28.3 Å². The molecule has 4 heteroatoms. The molecule has 2 aromatic rings. The van der Waals surface area contributed by atoms with E-state index in [1.807, 2.05) is 39.0 Å². The van der Waals surface area contributed by atoms with Gasteiger partial charge in [-0.3, -0.25) is 0 Å². The zero-order chi connectivity index (χ0) is 13.8. The van der Waals surface area contributed by atoms with Crippen molar-refractivity contribution in [2.45, 2.75) is 33.8 Å². The number of aliphatic hydroxyl groups is 1. The molecule has 1 aromatic carbocycles. The summed E-state index contributed by atoms with van der Waals surface area (Å²) in [6.07, 6.45) is 0.513. The van der Waals surface area contributed by atoms with Crippen molar-refractivity contribution in [1.29, 1.82) is 0 Å². The van der Waals surface area contributed by atoms with Crippen LogP contribution in [0.15, 0.2) is 22.6 Å². The van der Waals surface area contributed by atoms with E-state index >= 15 is 0 Å². The molecule has 4 nitrogen and oxygen atoms in total. The Morgan fingerprint density at radius 3 is 2.53 bits per heavy atom. The van der Waals surface area contributed by atoms with E-state index in [0.29, 0.717) is 18.9 Å². The lowest BCUT2D eigenvalue weighted by atomic mass is 10.1. The topological polar surface area (TPSA) is 55.5 Å². The Hall–Kier alpha value is -1.81. The summed E-state index contributed by atoms with van der Waals surface area (Å²) in [6, 6.07) is 6.03. The fourth-order valence-corrected chi connectivity index (χ4v) is 2.05. The van der Waals surface area contributed by atoms with Crippen molar-refractivity contribution in [2.75, 3.05) is 6.61 Å². The molecule has 0 saturated heterocycles. The van der Waals surface area contributed by atoms with Crippen molar-refractivity contribution >= 4 is 0 Å². The van der Waals surface area contributed by atoms with Crippen LogP contribution in [0.3, 0.4) is 0 Å². The van der Waals surface area contributed by atoms with E-state index in [1.54, 1.807) is 0 Å². The van der Waals surface area contributed by atoms with Crippen molar-refractivity contribution in [3.05, 3.63) is 46.7 Å². The molecule has 0 amide bonds.